The summed E-state index contributed by atoms with van der Waals surface area (Å²) in [5, 5.41) is 3.55. The van der Waals surface area contributed by atoms with Crippen LogP contribution in [0.5, 0.6) is 0 Å². The Kier molecular flexibility index (Phi) is 3.76. The lowest BCUT2D eigenvalue weighted by Crippen LogP contribution is -2.02. The lowest BCUT2D eigenvalue weighted by Gasteiger charge is -2.02. The number of rotatable bonds is 3. The third-order valence-electron chi connectivity index (χ3n) is 1.42. The van der Waals surface area contributed by atoms with E-state index in [0.717, 1.165) is 12.1 Å². The quantitative estimate of drug-likeness (QED) is 0.453. The summed E-state index contributed by atoms with van der Waals surface area (Å²) in [5.74, 6) is 0. The molecule has 2 heteroatoms. The summed E-state index contributed by atoms with van der Waals surface area (Å²) in [7, 11) is 0. The molecule has 9 heavy (non-hydrogen) atoms. The second-order valence-corrected chi connectivity index (χ2v) is 2.03. The van der Waals surface area contributed by atoms with Crippen molar-refractivity contribution in [3.05, 3.63) is 11.3 Å². The van der Waals surface area contributed by atoms with Crippen molar-refractivity contribution in [1.29, 1.82) is 0 Å². The molecule has 0 rings (SSSR count). The van der Waals surface area contributed by atoms with Crippen LogP contribution < -0.4 is 5.43 Å². The standard InChI is InChI=1S/C7H14N2/c1-5-6(2)7(3)9-8-4/h9H,4-5H2,1-3H3/b7-6-. The van der Waals surface area contributed by atoms with E-state index in [2.05, 4.69) is 31.1 Å². The monoisotopic (exact) mass is 126 g/mol. The molecule has 0 aliphatic carbocycles. The van der Waals surface area contributed by atoms with E-state index in [1.54, 1.807) is 0 Å². The van der Waals surface area contributed by atoms with Gasteiger partial charge < -0.3 is 0 Å². The van der Waals surface area contributed by atoms with Gasteiger partial charge in [-0.2, -0.15) is 5.10 Å². The van der Waals surface area contributed by atoms with Gasteiger partial charge in [0.1, 0.15) is 0 Å². The first-order valence-electron chi connectivity index (χ1n) is 3.10. The third kappa shape index (κ3) is 2.90. The Morgan fingerprint density at radius 3 is 2.44 bits per heavy atom. The Balaban J connectivity index is 3.92. The second kappa shape index (κ2) is 4.13. The molecule has 0 radical (unpaired) electrons. The molecule has 0 heterocycles. The van der Waals surface area contributed by atoms with Crippen molar-refractivity contribution in [2.45, 2.75) is 27.2 Å². The summed E-state index contributed by atoms with van der Waals surface area (Å²) in [5.41, 5.74) is 5.22. The zero-order chi connectivity index (χ0) is 7.28. The van der Waals surface area contributed by atoms with Gasteiger partial charge in [0.05, 0.1) is 0 Å². The maximum atomic E-state index is 3.55. The van der Waals surface area contributed by atoms with E-state index < -0.39 is 0 Å². The molecule has 0 unspecified atom stereocenters. The minimum absolute atomic E-state index is 1.06. The van der Waals surface area contributed by atoms with Gasteiger partial charge in [-0.1, -0.05) is 12.5 Å². The highest BCUT2D eigenvalue weighted by molar-refractivity contribution is 5.23. The second-order valence-electron chi connectivity index (χ2n) is 2.03. The predicted octanol–water partition coefficient (Wildman–Crippen LogP) is 1.90. The molecule has 0 fully saturated rings. The number of hydrazone groups is 1. The van der Waals surface area contributed by atoms with Gasteiger partial charge in [0, 0.05) is 12.4 Å². The minimum atomic E-state index is 1.06. The van der Waals surface area contributed by atoms with E-state index in [9.17, 15) is 0 Å². The highest BCUT2D eigenvalue weighted by Gasteiger charge is 1.89. The van der Waals surface area contributed by atoms with Gasteiger partial charge in [-0.3, -0.25) is 5.43 Å². The maximum absolute atomic E-state index is 3.55. The van der Waals surface area contributed by atoms with Crippen molar-refractivity contribution in [2.75, 3.05) is 0 Å². The molecule has 0 aliphatic rings. The highest BCUT2D eigenvalue weighted by Crippen LogP contribution is 2.02. The van der Waals surface area contributed by atoms with E-state index in [1.165, 1.54) is 5.57 Å². The summed E-state index contributed by atoms with van der Waals surface area (Å²) in [6, 6.07) is 0. The van der Waals surface area contributed by atoms with Crippen LogP contribution in [0.4, 0.5) is 0 Å². The Morgan fingerprint density at radius 1 is 1.56 bits per heavy atom. The Hall–Kier alpha value is -0.790. The Labute approximate surface area is 56.7 Å². The van der Waals surface area contributed by atoms with Crippen molar-refractivity contribution in [3.63, 3.8) is 0 Å². The number of nitrogens with zero attached hydrogens (tertiary/aromatic N) is 1. The average molecular weight is 126 g/mol. The predicted molar refractivity (Wildman–Crippen MR) is 41.3 cm³/mol. The molecule has 0 aromatic rings. The number of hydrogen-bond acceptors (Lipinski definition) is 2. The molecule has 0 saturated carbocycles. The van der Waals surface area contributed by atoms with Crippen molar-refractivity contribution < 1.29 is 0 Å². The molecule has 0 aromatic carbocycles. The van der Waals surface area contributed by atoms with Gasteiger partial charge in [-0.05, 0) is 20.3 Å². The fraction of sp³-hybridized carbons (Fsp3) is 0.571. The topological polar surface area (TPSA) is 24.4 Å². The molecule has 0 aliphatic heterocycles. The van der Waals surface area contributed by atoms with Crippen LogP contribution in [-0.2, 0) is 0 Å². The molecule has 0 spiro atoms. The molecule has 1 N–H and O–H groups in total. The fourth-order valence-electron chi connectivity index (χ4n) is 0.479. The largest absolute Gasteiger partial charge is 0.284 e. The van der Waals surface area contributed by atoms with Gasteiger partial charge >= 0.3 is 0 Å². The van der Waals surface area contributed by atoms with Crippen LogP contribution in [0.2, 0.25) is 0 Å². The molecule has 0 saturated heterocycles. The van der Waals surface area contributed by atoms with Crippen molar-refractivity contribution >= 4 is 6.72 Å². The molecular formula is C7H14N2. The van der Waals surface area contributed by atoms with Crippen LogP contribution in [0, 0.1) is 0 Å². The zero-order valence-corrected chi connectivity index (χ0v) is 6.36. The van der Waals surface area contributed by atoms with Crippen LogP contribution >= 0.6 is 0 Å². The Bertz CT molecular complexity index is 125. The maximum Gasteiger partial charge on any atom is 0.0293 e. The van der Waals surface area contributed by atoms with Crippen LogP contribution in [-0.4, -0.2) is 6.72 Å². The molecule has 52 valence electrons. The van der Waals surface area contributed by atoms with Gasteiger partial charge in [0.15, 0.2) is 0 Å². The molecule has 0 bridgehead atoms. The number of nitrogens with one attached hydrogen (secondary N) is 1. The van der Waals surface area contributed by atoms with Gasteiger partial charge in [0.2, 0.25) is 0 Å². The number of allylic oxidation sites excluding steroid dienone is 2. The van der Waals surface area contributed by atoms with Crippen molar-refractivity contribution in [3.8, 4) is 0 Å². The van der Waals surface area contributed by atoms with Crippen LogP contribution in [0.1, 0.15) is 27.2 Å². The average Bonchev–Trinajstić information content (AvgIpc) is 1.87. The normalized spacial score (nSPS) is 12.3. The van der Waals surface area contributed by atoms with Crippen LogP contribution in [0.25, 0.3) is 0 Å². The first-order valence-corrected chi connectivity index (χ1v) is 3.10. The van der Waals surface area contributed by atoms with Crippen LogP contribution in [0.3, 0.4) is 0 Å². The summed E-state index contributed by atoms with van der Waals surface area (Å²) >= 11 is 0. The van der Waals surface area contributed by atoms with E-state index in [-0.39, 0.29) is 0 Å². The molecule has 0 amide bonds. The molecule has 2 nitrogen and oxygen atoms in total. The lowest BCUT2D eigenvalue weighted by molar-refractivity contribution is 0.857. The summed E-state index contributed by atoms with van der Waals surface area (Å²) in [6.07, 6.45) is 1.06. The zero-order valence-electron chi connectivity index (χ0n) is 6.36. The van der Waals surface area contributed by atoms with Gasteiger partial charge in [-0.25, -0.2) is 0 Å². The van der Waals surface area contributed by atoms with E-state index in [0.29, 0.717) is 0 Å². The van der Waals surface area contributed by atoms with E-state index >= 15 is 0 Å². The summed E-state index contributed by atoms with van der Waals surface area (Å²) in [4.78, 5) is 0. The van der Waals surface area contributed by atoms with Crippen molar-refractivity contribution in [2.24, 2.45) is 5.10 Å². The van der Waals surface area contributed by atoms with E-state index in [4.69, 9.17) is 0 Å². The van der Waals surface area contributed by atoms with Gasteiger partial charge in [-0.15, -0.1) is 0 Å². The van der Waals surface area contributed by atoms with Crippen molar-refractivity contribution in [1.82, 2.24) is 5.43 Å². The first-order chi connectivity index (χ1) is 4.22. The Morgan fingerprint density at radius 2 is 2.11 bits per heavy atom. The molecule has 0 aromatic heterocycles. The minimum Gasteiger partial charge on any atom is -0.284 e. The fourth-order valence-corrected chi connectivity index (χ4v) is 0.479. The SMILES string of the molecule is C=NN/C(C)=C(/C)CC. The number of hydrogen-bond donors (Lipinski definition) is 1. The third-order valence-corrected chi connectivity index (χ3v) is 1.42. The van der Waals surface area contributed by atoms with E-state index in [1.807, 2.05) is 6.92 Å². The molecular weight excluding hydrogens is 112 g/mol. The highest BCUT2D eigenvalue weighted by atomic mass is 15.3. The molecule has 0 atom stereocenters. The van der Waals surface area contributed by atoms with Gasteiger partial charge in [0.25, 0.3) is 0 Å². The summed E-state index contributed by atoms with van der Waals surface area (Å²) in [6.45, 7) is 9.51. The lowest BCUT2D eigenvalue weighted by atomic mass is 10.2. The smallest absolute Gasteiger partial charge is 0.0293 e. The first kappa shape index (κ1) is 8.21. The summed E-state index contributed by atoms with van der Waals surface area (Å²) < 4.78 is 0. The van der Waals surface area contributed by atoms with Crippen LogP contribution in [0.15, 0.2) is 16.4 Å².